The molecule has 10 heteroatoms. The maximum absolute atomic E-state index is 13.4. The number of nitrogens with zero attached hydrogens (tertiary/aromatic N) is 6. The van der Waals surface area contributed by atoms with Gasteiger partial charge in [0.2, 0.25) is 11.1 Å². The zero-order valence-electron chi connectivity index (χ0n) is 18.2. The lowest BCUT2D eigenvalue weighted by Gasteiger charge is -2.13. The minimum absolute atomic E-state index is 0.0315. The summed E-state index contributed by atoms with van der Waals surface area (Å²) in [7, 11) is 0. The van der Waals surface area contributed by atoms with Gasteiger partial charge in [-0.2, -0.15) is 9.94 Å². The number of hydrogen-bond donors (Lipinski definition) is 1. The number of nitriles is 1. The Morgan fingerprint density at radius 2 is 1.91 bits per heavy atom. The second-order valence-electron chi connectivity index (χ2n) is 7.41. The molecule has 1 N–H and O–H groups in total. The quantitative estimate of drug-likeness (QED) is 0.434. The van der Waals surface area contributed by atoms with E-state index in [4.69, 9.17) is 0 Å². The van der Waals surface area contributed by atoms with Crippen LogP contribution in [0.1, 0.15) is 22.4 Å². The van der Waals surface area contributed by atoms with Crippen LogP contribution in [0.5, 0.6) is 0 Å². The molecule has 0 spiro atoms. The van der Waals surface area contributed by atoms with E-state index in [0.29, 0.717) is 22.2 Å². The lowest BCUT2D eigenvalue weighted by molar-refractivity contribution is -0.113. The highest BCUT2D eigenvalue weighted by Gasteiger charge is 2.21. The number of amides is 1. The smallest absolute Gasteiger partial charge is 0.236 e. The number of halogens is 1. The van der Waals surface area contributed by atoms with Crippen molar-refractivity contribution in [2.24, 2.45) is 0 Å². The number of aryl methyl sites for hydroxylation is 1. The molecule has 1 amide bonds. The summed E-state index contributed by atoms with van der Waals surface area (Å²) in [5.41, 5.74) is 4.39. The average molecular weight is 462 g/mol. The van der Waals surface area contributed by atoms with Crippen LogP contribution < -0.4 is 5.32 Å². The lowest BCUT2D eigenvalue weighted by atomic mass is 10.2. The molecule has 166 valence electrons. The predicted octanol–water partition coefficient (Wildman–Crippen LogP) is 4.12. The number of thioether (sulfide) groups is 1. The third-order valence-corrected chi connectivity index (χ3v) is 6.11. The average Bonchev–Trinajstić information content (AvgIpc) is 3.36. The van der Waals surface area contributed by atoms with Gasteiger partial charge in [-0.25, -0.2) is 4.39 Å². The van der Waals surface area contributed by atoms with Gasteiger partial charge in [0, 0.05) is 11.4 Å². The van der Waals surface area contributed by atoms with E-state index in [1.54, 1.807) is 21.4 Å². The van der Waals surface area contributed by atoms with Crippen LogP contribution in [0.3, 0.4) is 0 Å². The van der Waals surface area contributed by atoms with Crippen LogP contribution >= 0.6 is 11.8 Å². The highest BCUT2D eigenvalue weighted by atomic mass is 32.2. The Bertz CT molecular complexity index is 1370. The van der Waals surface area contributed by atoms with Crippen molar-refractivity contribution in [1.29, 1.82) is 5.26 Å². The summed E-state index contributed by atoms with van der Waals surface area (Å²) in [6.07, 6.45) is 0. The van der Waals surface area contributed by atoms with Gasteiger partial charge in [-0.1, -0.05) is 23.9 Å². The van der Waals surface area contributed by atoms with Crippen LogP contribution in [0.4, 0.5) is 10.2 Å². The van der Waals surface area contributed by atoms with E-state index < -0.39 is 0 Å². The second kappa shape index (κ2) is 9.26. The third kappa shape index (κ3) is 4.49. The van der Waals surface area contributed by atoms with Gasteiger partial charge in [0.25, 0.3) is 0 Å². The van der Waals surface area contributed by atoms with E-state index >= 15 is 0 Å². The molecule has 0 saturated carbocycles. The fourth-order valence-electron chi connectivity index (χ4n) is 3.46. The first kappa shape index (κ1) is 22.2. The fourth-order valence-corrected chi connectivity index (χ4v) is 4.15. The zero-order valence-corrected chi connectivity index (χ0v) is 19.0. The first-order valence-corrected chi connectivity index (χ1v) is 11.0. The first-order valence-electron chi connectivity index (χ1n) is 10.0. The highest BCUT2D eigenvalue weighted by molar-refractivity contribution is 7.99. The molecule has 0 saturated heterocycles. The zero-order chi connectivity index (χ0) is 23.5. The molecule has 0 fully saturated rings. The minimum atomic E-state index is -0.367. The van der Waals surface area contributed by atoms with Gasteiger partial charge < -0.3 is 5.32 Å². The van der Waals surface area contributed by atoms with Crippen molar-refractivity contribution in [3.63, 3.8) is 0 Å². The highest BCUT2D eigenvalue weighted by Crippen LogP contribution is 2.30. The number of tetrazole rings is 1. The third-order valence-electron chi connectivity index (χ3n) is 5.19. The van der Waals surface area contributed by atoms with E-state index in [0.717, 1.165) is 22.5 Å². The lowest BCUT2D eigenvalue weighted by Crippen LogP contribution is -2.18. The van der Waals surface area contributed by atoms with Crippen LogP contribution in [0.15, 0.2) is 53.7 Å². The summed E-state index contributed by atoms with van der Waals surface area (Å²) in [4.78, 5) is 12.8. The van der Waals surface area contributed by atoms with Gasteiger partial charge in [-0.15, -0.1) is 5.10 Å². The molecular weight excluding hydrogens is 441 g/mol. The molecule has 4 rings (SSSR count). The van der Waals surface area contributed by atoms with Crippen LogP contribution in [0.2, 0.25) is 0 Å². The van der Waals surface area contributed by atoms with E-state index in [-0.39, 0.29) is 17.5 Å². The summed E-state index contributed by atoms with van der Waals surface area (Å²) >= 11 is 1.18. The predicted molar refractivity (Wildman–Crippen MR) is 123 cm³/mol. The monoisotopic (exact) mass is 461 g/mol. The van der Waals surface area contributed by atoms with Gasteiger partial charge in [0.05, 0.1) is 17.0 Å². The van der Waals surface area contributed by atoms with Crippen molar-refractivity contribution in [3.05, 3.63) is 76.7 Å². The Kier molecular flexibility index (Phi) is 6.24. The molecule has 0 aliphatic rings. The molecule has 2 aromatic carbocycles. The minimum Gasteiger partial charge on any atom is -0.310 e. The number of carbonyl (C=O) groups excluding carboxylic acids is 1. The SMILES string of the molecule is Cc1cccc(-n2nnnc2SCC(=O)Nc2c(C#N)c(C)c(C)n2-c2ccc(F)cc2)c1. The maximum atomic E-state index is 13.4. The molecule has 0 atom stereocenters. The topological polar surface area (TPSA) is 101 Å². The number of rotatable bonds is 6. The number of hydrogen-bond acceptors (Lipinski definition) is 6. The Morgan fingerprint density at radius 3 is 2.61 bits per heavy atom. The van der Waals surface area contributed by atoms with E-state index in [1.165, 1.54) is 23.9 Å². The number of benzene rings is 2. The first-order chi connectivity index (χ1) is 15.9. The van der Waals surface area contributed by atoms with Gasteiger partial charge >= 0.3 is 0 Å². The van der Waals surface area contributed by atoms with E-state index in [9.17, 15) is 14.4 Å². The number of carbonyl (C=O) groups is 1. The molecule has 8 nitrogen and oxygen atoms in total. The molecule has 0 unspecified atom stereocenters. The summed E-state index contributed by atoms with van der Waals surface area (Å²) in [6.45, 7) is 5.63. The van der Waals surface area contributed by atoms with E-state index in [1.807, 2.05) is 45.0 Å². The van der Waals surface area contributed by atoms with Gasteiger partial charge in [-0.3, -0.25) is 9.36 Å². The molecule has 0 aliphatic heterocycles. The largest absolute Gasteiger partial charge is 0.310 e. The molecule has 0 aliphatic carbocycles. The molecule has 33 heavy (non-hydrogen) atoms. The van der Waals surface area contributed by atoms with Crippen molar-refractivity contribution in [2.45, 2.75) is 25.9 Å². The van der Waals surface area contributed by atoms with Crippen LogP contribution in [-0.4, -0.2) is 36.4 Å². The molecule has 2 heterocycles. The van der Waals surface area contributed by atoms with Crippen molar-refractivity contribution in [3.8, 4) is 17.4 Å². The number of aromatic nitrogens is 5. The maximum Gasteiger partial charge on any atom is 0.236 e. The van der Waals surface area contributed by atoms with E-state index in [2.05, 4.69) is 26.9 Å². The summed E-state index contributed by atoms with van der Waals surface area (Å²) in [5, 5.41) is 24.8. The van der Waals surface area contributed by atoms with Crippen molar-refractivity contribution in [1.82, 2.24) is 24.8 Å². The fraction of sp³-hybridized carbons (Fsp3) is 0.174. The number of anilines is 1. The molecule has 0 radical (unpaired) electrons. The Morgan fingerprint density at radius 1 is 1.15 bits per heavy atom. The molecule has 2 aromatic heterocycles. The molecular formula is C23H20FN7OS. The van der Waals surface area contributed by atoms with Crippen LogP contribution in [0, 0.1) is 37.9 Å². The van der Waals surface area contributed by atoms with Gasteiger partial charge in [0.15, 0.2) is 0 Å². The summed E-state index contributed by atoms with van der Waals surface area (Å²) in [6, 6.07) is 15.7. The molecule has 0 bridgehead atoms. The van der Waals surface area contributed by atoms with Crippen molar-refractivity contribution in [2.75, 3.05) is 11.1 Å². The Labute approximate surface area is 194 Å². The molecule has 4 aromatic rings. The normalized spacial score (nSPS) is 10.8. The number of nitrogens with one attached hydrogen (secondary N) is 1. The van der Waals surface area contributed by atoms with Gasteiger partial charge in [0.1, 0.15) is 17.7 Å². The Hall–Kier alpha value is -3.97. The van der Waals surface area contributed by atoms with Crippen molar-refractivity contribution >= 4 is 23.5 Å². The standard InChI is InChI=1S/C23H20FN7OS/c1-14-5-4-6-19(11-14)31-23(27-28-29-31)33-13-21(32)26-22-20(12-25)15(2)16(3)30(22)18-9-7-17(24)8-10-18/h4-11H,13H2,1-3H3,(H,26,32). The van der Waals surface area contributed by atoms with Gasteiger partial charge in [-0.05, 0) is 78.7 Å². The van der Waals surface area contributed by atoms with Crippen molar-refractivity contribution < 1.29 is 9.18 Å². The Balaban J connectivity index is 1.57. The van der Waals surface area contributed by atoms with Crippen LogP contribution in [-0.2, 0) is 4.79 Å². The summed E-state index contributed by atoms with van der Waals surface area (Å²) in [5.74, 6) is -0.308. The summed E-state index contributed by atoms with van der Waals surface area (Å²) < 4.78 is 16.7. The van der Waals surface area contributed by atoms with Crippen LogP contribution in [0.25, 0.3) is 11.4 Å². The second-order valence-corrected chi connectivity index (χ2v) is 8.35.